The molecular weight excluding hydrogens is 168 g/mol. The van der Waals surface area contributed by atoms with Gasteiger partial charge in [0.25, 0.3) is 5.91 Å². The number of rotatable bonds is 1. The molecule has 0 aliphatic rings. The van der Waals surface area contributed by atoms with Gasteiger partial charge in [-0.25, -0.2) is 4.98 Å². The second kappa shape index (κ2) is 3.05. The minimum atomic E-state index is -0.566. The zero-order chi connectivity index (χ0) is 10.2. The second-order valence-corrected chi connectivity index (χ2v) is 3.01. The van der Waals surface area contributed by atoms with Gasteiger partial charge in [0.05, 0.1) is 5.69 Å². The zero-order valence-electron chi connectivity index (χ0n) is 7.88. The number of aryl methyl sites for hydroxylation is 1. The Morgan fingerprint density at radius 3 is 2.31 bits per heavy atom. The summed E-state index contributed by atoms with van der Waals surface area (Å²) < 4.78 is 0. The van der Waals surface area contributed by atoms with Crippen LogP contribution in [0.4, 0.5) is 0 Å². The van der Waals surface area contributed by atoms with Gasteiger partial charge in [-0.2, -0.15) is 0 Å². The van der Waals surface area contributed by atoms with Crippen LogP contribution in [0.15, 0.2) is 0 Å². The van der Waals surface area contributed by atoms with Gasteiger partial charge in [-0.3, -0.25) is 4.79 Å². The third kappa shape index (κ3) is 1.47. The first-order valence-electron chi connectivity index (χ1n) is 3.91. The van der Waals surface area contributed by atoms with Crippen LogP contribution in [0.2, 0.25) is 0 Å². The lowest BCUT2D eigenvalue weighted by molar-refractivity contribution is 0.0994. The number of pyridine rings is 1. The number of carbonyl (C=O) groups excluding carboxylic acids is 1. The highest BCUT2D eigenvalue weighted by Gasteiger charge is 2.13. The fraction of sp³-hybridized carbons (Fsp3) is 0.333. The minimum absolute atomic E-state index is 0.127. The van der Waals surface area contributed by atoms with Crippen LogP contribution in [-0.2, 0) is 0 Å². The van der Waals surface area contributed by atoms with Gasteiger partial charge in [0.15, 0.2) is 0 Å². The van der Waals surface area contributed by atoms with Crippen LogP contribution in [0.1, 0.15) is 27.3 Å². The Balaban J connectivity index is 3.50. The smallest absolute Gasteiger partial charge is 0.267 e. The number of hydrogen-bond donors (Lipinski definition) is 2. The van der Waals surface area contributed by atoms with Crippen LogP contribution >= 0.6 is 0 Å². The molecule has 0 aliphatic heterocycles. The zero-order valence-corrected chi connectivity index (χ0v) is 7.88. The van der Waals surface area contributed by atoms with Crippen molar-refractivity contribution in [3.05, 3.63) is 22.5 Å². The van der Waals surface area contributed by atoms with E-state index in [1.165, 1.54) is 0 Å². The summed E-state index contributed by atoms with van der Waals surface area (Å²) >= 11 is 0. The summed E-state index contributed by atoms with van der Waals surface area (Å²) in [5, 5.41) is 9.48. The number of nitrogens with two attached hydrogens (primary N) is 1. The van der Waals surface area contributed by atoms with Crippen LogP contribution in [0, 0.1) is 20.8 Å². The van der Waals surface area contributed by atoms with Gasteiger partial charge in [0.2, 0.25) is 0 Å². The Bertz CT molecular complexity index is 372. The molecule has 0 radical (unpaired) electrons. The molecule has 13 heavy (non-hydrogen) atoms. The molecule has 1 rings (SSSR count). The van der Waals surface area contributed by atoms with Gasteiger partial charge in [-0.05, 0) is 31.9 Å². The van der Waals surface area contributed by atoms with Crippen molar-refractivity contribution in [2.45, 2.75) is 20.8 Å². The number of aromatic hydroxyl groups is 1. The molecule has 0 bridgehead atoms. The molecule has 4 nitrogen and oxygen atoms in total. The maximum Gasteiger partial charge on any atom is 0.267 e. The quantitative estimate of drug-likeness (QED) is 0.671. The van der Waals surface area contributed by atoms with E-state index in [2.05, 4.69) is 4.98 Å². The number of amides is 1. The second-order valence-electron chi connectivity index (χ2n) is 3.01. The molecule has 70 valence electrons. The molecule has 0 saturated carbocycles. The monoisotopic (exact) mass is 180 g/mol. The summed E-state index contributed by atoms with van der Waals surface area (Å²) in [5.74, 6) is -0.439. The molecule has 0 aromatic carbocycles. The van der Waals surface area contributed by atoms with Crippen molar-refractivity contribution in [3.8, 4) is 5.75 Å². The molecule has 1 aromatic heterocycles. The number of aromatic nitrogens is 1. The molecule has 1 amide bonds. The van der Waals surface area contributed by atoms with Crippen molar-refractivity contribution in [3.63, 3.8) is 0 Å². The Hall–Kier alpha value is -1.58. The maximum absolute atomic E-state index is 10.9. The average molecular weight is 180 g/mol. The van der Waals surface area contributed by atoms with E-state index in [-0.39, 0.29) is 11.4 Å². The molecular formula is C9H12N2O2. The van der Waals surface area contributed by atoms with Crippen molar-refractivity contribution in [2.24, 2.45) is 5.73 Å². The maximum atomic E-state index is 10.9. The summed E-state index contributed by atoms with van der Waals surface area (Å²) in [5.41, 5.74) is 7.07. The van der Waals surface area contributed by atoms with Gasteiger partial charge in [0.1, 0.15) is 11.4 Å². The van der Waals surface area contributed by atoms with Crippen molar-refractivity contribution in [1.82, 2.24) is 4.98 Å². The van der Waals surface area contributed by atoms with Crippen molar-refractivity contribution < 1.29 is 9.90 Å². The van der Waals surface area contributed by atoms with Crippen molar-refractivity contribution in [1.29, 1.82) is 0 Å². The lowest BCUT2D eigenvalue weighted by Gasteiger charge is -2.08. The van der Waals surface area contributed by atoms with E-state index in [0.717, 1.165) is 0 Å². The van der Waals surface area contributed by atoms with Gasteiger partial charge in [0, 0.05) is 0 Å². The summed E-state index contributed by atoms with van der Waals surface area (Å²) in [6.07, 6.45) is 0. The van der Waals surface area contributed by atoms with E-state index in [4.69, 9.17) is 5.73 Å². The highest BCUT2D eigenvalue weighted by Crippen LogP contribution is 2.24. The standard InChI is InChI=1S/C9H12N2O2/c1-4-5(2)8(12)6(3)11-7(4)9(10)13/h12H,1-3H3,(H2,10,13). The fourth-order valence-corrected chi connectivity index (χ4v) is 1.17. The van der Waals surface area contributed by atoms with E-state index in [0.29, 0.717) is 16.8 Å². The van der Waals surface area contributed by atoms with E-state index >= 15 is 0 Å². The molecule has 0 unspecified atom stereocenters. The first-order valence-corrected chi connectivity index (χ1v) is 3.91. The average Bonchev–Trinajstić information content (AvgIpc) is 2.07. The molecule has 0 spiro atoms. The van der Waals surface area contributed by atoms with Gasteiger partial charge >= 0.3 is 0 Å². The molecule has 0 saturated heterocycles. The SMILES string of the molecule is Cc1nc(C(N)=O)c(C)c(C)c1O. The van der Waals surface area contributed by atoms with Crippen LogP contribution < -0.4 is 5.73 Å². The molecule has 1 heterocycles. The van der Waals surface area contributed by atoms with Crippen LogP contribution in [0.25, 0.3) is 0 Å². The van der Waals surface area contributed by atoms with Gasteiger partial charge in [-0.1, -0.05) is 0 Å². The van der Waals surface area contributed by atoms with E-state index in [1.807, 2.05) is 0 Å². The largest absolute Gasteiger partial charge is 0.506 e. The van der Waals surface area contributed by atoms with Crippen LogP contribution in [0.5, 0.6) is 5.75 Å². The molecule has 0 fully saturated rings. The highest BCUT2D eigenvalue weighted by atomic mass is 16.3. The molecule has 1 aromatic rings. The van der Waals surface area contributed by atoms with E-state index < -0.39 is 5.91 Å². The Morgan fingerprint density at radius 2 is 1.85 bits per heavy atom. The summed E-state index contributed by atoms with van der Waals surface area (Å²) in [4.78, 5) is 14.8. The summed E-state index contributed by atoms with van der Waals surface area (Å²) in [6.45, 7) is 5.07. The van der Waals surface area contributed by atoms with Crippen molar-refractivity contribution >= 4 is 5.91 Å². The van der Waals surface area contributed by atoms with Crippen LogP contribution in [-0.4, -0.2) is 16.0 Å². The van der Waals surface area contributed by atoms with Gasteiger partial charge < -0.3 is 10.8 Å². The third-order valence-corrected chi connectivity index (χ3v) is 2.13. The normalized spacial score (nSPS) is 10.1. The third-order valence-electron chi connectivity index (χ3n) is 2.13. The molecule has 0 atom stereocenters. The predicted molar refractivity (Wildman–Crippen MR) is 48.6 cm³/mol. The van der Waals surface area contributed by atoms with Crippen molar-refractivity contribution in [2.75, 3.05) is 0 Å². The Kier molecular flexibility index (Phi) is 2.23. The topological polar surface area (TPSA) is 76.2 Å². The number of carbonyl (C=O) groups is 1. The lowest BCUT2D eigenvalue weighted by atomic mass is 10.1. The summed E-state index contributed by atoms with van der Waals surface area (Å²) in [6, 6.07) is 0. The minimum Gasteiger partial charge on any atom is -0.506 e. The van der Waals surface area contributed by atoms with E-state index in [1.54, 1.807) is 20.8 Å². The molecule has 3 N–H and O–H groups in total. The van der Waals surface area contributed by atoms with Gasteiger partial charge in [-0.15, -0.1) is 0 Å². The Labute approximate surface area is 76.4 Å². The predicted octanol–water partition coefficient (Wildman–Crippen LogP) is 0.811. The lowest BCUT2D eigenvalue weighted by Crippen LogP contribution is -2.16. The highest BCUT2D eigenvalue weighted by molar-refractivity contribution is 5.92. The first-order chi connectivity index (χ1) is 5.95. The molecule has 0 aliphatic carbocycles. The van der Waals surface area contributed by atoms with Crippen LogP contribution in [0.3, 0.4) is 0 Å². The number of nitrogens with zero attached hydrogens (tertiary/aromatic N) is 1. The van der Waals surface area contributed by atoms with E-state index in [9.17, 15) is 9.90 Å². The summed E-state index contributed by atoms with van der Waals surface area (Å²) in [7, 11) is 0. The Morgan fingerprint density at radius 1 is 1.31 bits per heavy atom. The fourth-order valence-electron chi connectivity index (χ4n) is 1.17. The first kappa shape index (κ1) is 9.51. The molecule has 4 heteroatoms. The number of primary amides is 1. The number of hydrogen-bond acceptors (Lipinski definition) is 3.